The molecule has 6 heterocycles. The smallest absolute Gasteiger partial charge is 0.272 e. The maximum absolute atomic E-state index is 13.0. The lowest BCUT2D eigenvalue weighted by atomic mass is 9.63. The Balaban J connectivity index is 1.19. The third-order valence-electron chi connectivity index (χ3n) is 10.8. The standard InChI is InChI=1S/C35H41N9O5S/c1-19(30-24(46-3)9-13-43(30)2)48-27-16-26(44-14-8-23(41-44)34(45)38-20-10-15-47-18-20)39-33(40-27)29-21-6-4-11-35(31(21)49-42-29)12-5-7-25-28(35)22(17-36)32(37)50-25/h8,14,16,19-20,24,30H,4-7,9-13,15,18,37H2,1-3H3,(H,38,45)/t19-,20+,24-,30+,35-/m0/s1. The van der Waals surface area contributed by atoms with Crippen LogP contribution < -0.4 is 15.8 Å². The zero-order valence-corrected chi connectivity index (χ0v) is 29.3. The number of ether oxygens (including phenoxy) is 3. The number of carbonyl (C=O) groups is 1. The van der Waals surface area contributed by atoms with Crippen molar-refractivity contribution in [2.24, 2.45) is 0 Å². The van der Waals surface area contributed by atoms with Gasteiger partial charge in [0, 0.05) is 43.0 Å². The van der Waals surface area contributed by atoms with Crippen LogP contribution in [0.4, 0.5) is 5.00 Å². The Morgan fingerprint density at radius 1 is 1.26 bits per heavy atom. The zero-order chi connectivity index (χ0) is 34.6. The number of likely N-dealkylation sites (tertiary alicyclic amines) is 1. The molecule has 2 saturated heterocycles. The van der Waals surface area contributed by atoms with Gasteiger partial charge in [0.1, 0.15) is 17.2 Å². The predicted octanol–water partition coefficient (Wildman–Crippen LogP) is 3.80. The number of amides is 1. The average Bonchev–Trinajstić information content (AvgIpc) is 3.95. The Labute approximate surface area is 293 Å². The maximum atomic E-state index is 13.0. The summed E-state index contributed by atoms with van der Waals surface area (Å²) >= 11 is 1.51. The number of rotatable bonds is 8. The molecule has 14 nitrogen and oxygen atoms in total. The van der Waals surface area contributed by atoms with E-state index in [-0.39, 0.29) is 35.9 Å². The molecule has 2 aliphatic carbocycles. The fraction of sp³-hybridized carbons (Fsp3) is 0.543. The van der Waals surface area contributed by atoms with Crippen LogP contribution in [0.25, 0.3) is 17.3 Å². The van der Waals surface area contributed by atoms with E-state index in [1.54, 1.807) is 30.1 Å². The summed E-state index contributed by atoms with van der Waals surface area (Å²) < 4.78 is 25.6. The van der Waals surface area contributed by atoms with Crippen LogP contribution in [-0.4, -0.2) is 93.9 Å². The number of nitrogens with two attached hydrogens (primary N) is 1. The number of nitrogens with zero attached hydrogens (tertiary/aromatic N) is 7. The van der Waals surface area contributed by atoms with Crippen molar-refractivity contribution < 1.29 is 23.5 Å². The lowest BCUT2D eigenvalue weighted by molar-refractivity contribution is 0.0174. The lowest BCUT2D eigenvalue weighted by Gasteiger charge is -2.39. The van der Waals surface area contributed by atoms with E-state index in [2.05, 4.69) is 33.6 Å². The highest BCUT2D eigenvalue weighted by atomic mass is 32.1. The fourth-order valence-electron chi connectivity index (χ4n) is 8.51. The third-order valence-corrected chi connectivity index (χ3v) is 11.9. The minimum Gasteiger partial charge on any atom is -0.473 e. The van der Waals surface area contributed by atoms with Crippen molar-refractivity contribution in [2.75, 3.05) is 39.6 Å². The summed E-state index contributed by atoms with van der Waals surface area (Å²) in [5.41, 5.74) is 9.18. The number of nitrogens with one attached hydrogen (secondary N) is 1. The highest BCUT2D eigenvalue weighted by molar-refractivity contribution is 7.16. The predicted molar refractivity (Wildman–Crippen MR) is 183 cm³/mol. The van der Waals surface area contributed by atoms with Crippen LogP contribution in [0.5, 0.6) is 5.88 Å². The van der Waals surface area contributed by atoms with Crippen LogP contribution >= 0.6 is 11.3 Å². The normalized spacial score (nSPS) is 25.3. The van der Waals surface area contributed by atoms with Crippen molar-refractivity contribution in [3.63, 3.8) is 0 Å². The summed E-state index contributed by atoms with van der Waals surface area (Å²) in [7, 11) is 3.80. The van der Waals surface area contributed by atoms with Gasteiger partial charge in [-0.3, -0.25) is 9.69 Å². The zero-order valence-electron chi connectivity index (χ0n) is 28.5. The summed E-state index contributed by atoms with van der Waals surface area (Å²) in [5, 5.41) is 22.9. The molecule has 0 bridgehead atoms. The molecule has 0 radical (unpaired) electrons. The number of likely N-dealkylation sites (N-methyl/N-ethyl adjacent to an activating group) is 1. The Kier molecular flexibility index (Phi) is 8.58. The van der Waals surface area contributed by atoms with E-state index in [1.165, 1.54) is 11.3 Å². The van der Waals surface area contributed by atoms with Gasteiger partial charge >= 0.3 is 0 Å². The third kappa shape index (κ3) is 5.54. The Bertz CT molecular complexity index is 1960. The van der Waals surface area contributed by atoms with Crippen LogP contribution in [0.2, 0.25) is 0 Å². The molecule has 4 aromatic rings. The fourth-order valence-corrected chi connectivity index (χ4v) is 9.67. The van der Waals surface area contributed by atoms with E-state index in [9.17, 15) is 10.1 Å². The number of fused-ring (bicyclic) bond motifs is 4. The van der Waals surface area contributed by atoms with Crippen LogP contribution in [0, 0.1) is 11.3 Å². The first-order chi connectivity index (χ1) is 24.3. The van der Waals surface area contributed by atoms with Gasteiger partial charge in [0.05, 0.1) is 35.8 Å². The molecule has 8 rings (SSSR count). The minimum absolute atomic E-state index is 0.0222. The second-order valence-corrected chi connectivity index (χ2v) is 14.9. The Hall–Kier alpha value is -4.36. The van der Waals surface area contributed by atoms with Gasteiger partial charge in [0.25, 0.3) is 5.91 Å². The molecular formula is C35H41N9O5S. The quantitative estimate of drug-likeness (QED) is 0.272. The van der Waals surface area contributed by atoms with E-state index < -0.39 is 5.41 Å². The monoisotopic (exact) mass is 699 g/mol. The van der Waals surface area contributed by atoms with Crippen LogP contribution in [-0.2, 0) is 27.7 Å². The minimum atomic E-state index is -0.478. The van der Waals surface area contributed by atoms with Crippen molar-refractivity contribution in [3.05, 3.63) is 51.4 Å². The number of hydrogen-bond acceptors (Lipinski definition) is 13. The van der Waals surface area contributed by atoms with Gasteiger partial charge in [-0.1, -0.05) is 5.16 Å². The summed E-state index contributed by atoms with van der Waals surface area (Å²) in [6.07, 6.45) is 8.31. The van der Waals surface area contributed by atoms with Gasteiger partial charge in [0.2, 0.25) is 5.88 Å². The molecule has 50 heavy (non-hydrogen) atoms. The highest BCUT2D eigenvalue weighted by Gasteiger charge is 2.49. The summed E-state index contributed by atoms with van der Waals surface area (Å²) in [6, 6.07) is 5.75. The van der Waals surface area contributed by atoms with Crippen molar-refractivity contribution in [1.29, 1.82) is 5.26 Å². The van der Waals surface area contributed by atoms with Crippen LogP contribution in [0.1, 0.15) is 83.3 Å². The van der Waals surface area contributed by atoms with Gasteiger partial charge < -0.3 is 29.8 Å². The van der Waals surface area contributed by atoms with Crippen LogP contribution in [0.3, 0.4) is 0 Å². The Morgan fingerprint density at radius 2 is 2.10 bits per heavy atom. The molecule has 15 heteroatoms. The van der Waals surface area contributed by atoms with E-state index in [0.29, 0.717) is 47.0 Å². The lowest BCUT2D eigenvalue weighted by Crippen LogP contribution is -2.44. The SMILES string of the molecule is CO[C@H]1CCN(C)[C@@H]1[C@H](C)Oc1cc(-n2ccc(C(=O)N[C@@H]3CCOC3)n2)nc(-c2noc3c2CCC[C@@]32CCCc3sc(N)c(C#N)c32)n1. The van der Waals surface area contributed by atoms with Crippen molar-refractivity contribution >= 4 is 22.2 Å². The summed E-state index contributed by atoms with van der Waals surface area (Å²) in [4.78, 5) is 26.3. The van der Waals surface area contributed by atoms with E-state index >= 15 is 0 Å². The molecule has 1 spiro atoms. The molecule has 2 fully saturated rings. The molecular weight excluding hydrogens is 659 g/mol. The molecule has 0 unspecified atom stereocenters. The van der Waals surface area contributed by atoms with Crippen molar-refractivity contribution in [2.45, 2.75) is 88.0 Å². The first kappa shape index (κ1) is 32.8. The number of aryl methyl sites for hydroxylation is 1. The van der Waals surface area contributed by atoms with Gasteiger partial charge in [-0.15, -0.1) is 11.3 Å². The van der Waals surface area contributed by atoms with Crippen molar-refractivity contribution in [3.8, 4) is 29.3 Å². The molecule has 3 N–H and O–H groups in total. The number of thiophene rings is 1. The van der Waals surface area contributed by atoms with Gasteiger partial charge in [-0.05, 0) is 77.0 Å². The molecule has 1 amide bonds. The van der Waals surface area contributed by atoms with Gasteiger partial charge in [0.15, 0.2) is 28.8 Å². The molecule has 4 aliphatic rings. The van der Waals surface area contributed by atoms with Crippen LogP contribution in [0.15, 0.2) is 22.9 Å². The second kappa shape index (κ2) is 13.1. The largest absolute Gasteiger partial charge is 0.473 e. The van der Waals surface area contributed by atoms with E-state index in [0.717, 1.165) is 79.7 Å². The molecule has 262 valence electrons. The summed E-state index contributed by atoms with van der Waals surface area (Å²) in [5.74, 6) is 1.59. The van der Waals surface area contributed by atoms with E-state index in [4.69, 9.17) is 34.4 Å². The summed E-state index contributed by atoms with van der Waals surface area (Å²) in [6.45, 7) is 4.04. The molecule has 4 aromatic heterocycles. The second-order valence-electron chi connectivity index (χ2n) is 13.8. The molecule has 5 atom stereocenters. The first-order valence-electron chi connectivity index (χ1n) is 17.3. The number of methoxy groups -OCH3 is 1. The average molecular weight is 700 g/mol. The number of carbonyl (C=O) groups excluding carboxylic acids is 1. The maximum Gasteiger partial charge on any atom is 0.272 e. The molecule has 0 aromatic carbocycles. The van der Waals surface area contributed by atoms with Crippen molar-refractivity contribution in [1.82, 2.24) is 35.1 Å². The van der Waals surface area contributed by atoms with Gasteiger partial charge in [-0.2, -0.15) is 15.3 Å². The van der Waals surface area contributed by atoms with E-state index in [1.807, 2.05) is 6.92 Å². The first-order valence-corrected chi connectivity index (χ1v) is 18.2. The Morgan fingerprint density at radius 3 is 2.88 bits per heavy atom. The topological polar surface area (TPSA) is 179 Å². The number of hydrogen-bond donors (Lipinski definition) is 2. The van der Waals surface area contributed by atoms with Gasteiger partial charge in [-0.25, -0.2) is 9.67 Å². The highest BCUT2D eigenvalue weighted by Crippen LogP contribution is 2.55. The molecule has 0 saturated carbocycles. The number of anilines is 1. The number of nitriles is 1. The molecule has 2 aliphatic heterocycles. The number of nitrogen functional groups attached to an aromatic ring is 1. The number of aromatic nitrogens is 5.